The molecule has 0 spiro atoms. The first-order valence-electron chi connectivity index (χ1n) is 14.0. The highest BCUT2D eigenvalue weighted by Crippen LogP contribution is 2.28. The molecule has 206 valence electrons. The van der Waals surface area contributed by atoms with E-state index in [2.05, 4.69) is 52.0 Å². The highest BCUT2D eigenvalue weighted by atomic mass is 16.6. The third-order valence-electron chi connectivity index (χ3n) is 7.05. The maximum absolute atomic E-state index is 12.6. The number of para-hydroxylation sites is 1. The molecule has 2 amide bonds. The molecule has 7 heteroatoms. The second kappa shape index (κ2) is 15.0. The quantitative estimate of drug-likeness (QED) is 0.300. The molecule has 1 heterocycles. The Morgan fingerprint density at radius 1 is 0.897 bits per heavy atom. The summed E-state index contributed by atoms with van der Waals surface area (Å²) in [5, 5.41) is 9.28. The van der Waals surface area contributed by atoms with E-state index in [1.165, 1.54) is 11.1 Å². The molecule has 3 aromatic rings. The number of carbonyl (C=O) groups excluding carboxylic acids is 2. The van der Waals surface area contributed by atoms with Crippen LogP contribution in [0.2, 0.25) is 0 Å². The summed E-state index contributed by atoms with van der Waals surface area (Å²) in [6, 6.07) is 26.2. The summed E-state index contributed by atoms with van der Waals surface area (Å²) >= 11 is 0. The summed E-state index contributed by atoms with van der Waals surface area (Å²) in [6.45, 7) is 7.03. The average molecular weight is 529 g/mol. The molecule has 1 saturated heterocycles. The van der Waals surface area contributed by atoms with Crippen LogP contribution in [-0.2, 0) is 22.5 Å². The minimum absolute atomic E-state index is 0.0809. The molecule has 0 aliphatic carbocycles. The number of amides is 2. The predicted molar refractivity (Wildman–Crippen MR) is 157 cm³/mol. The van der Waals surface area contributed by atoms with Gasteiger partial charge in [0.15, 0.2) is 0 Å². The van der Waals surface area contributed by atoms with Crippen molar-refractivity contribution < 1.29 is 14.3 Å². The SMILES string of the molecule is CCNCc1ccc(CCC(=O)NCCN2CCC(OC(=O)Nc3ccccc3-c3ccccc3)CC2)cc1. The normalized spacial score (nSPS) is 14.1. The van der Waals surface area contributed by atoms with Crippen molar-refractivity contribution in [1.82, 2.24) is 15.5 Å². The molecule has 0 aromatic heterocycles. The average Bonchev–Trinajstić information content (AvgIpc) is 2.97. The molecule has 3 aromatic carbocycles. The van der Waals surface area contributed by atoms with Gasteiger partial charge in [0.25, 0.3) is 0 Å². The Kier molecular flexibility index (Phi) is 10.9. The van der Waals surface area contributed by atoms with E-state index in [-0.39, 0.29) is 12.0 Å². The van der Waals surface area contributed by atoms with Crippen molar-refractivity contribution in [3.05, 3.63) is 90.0 Å². The number of piperidine rings is 1. The van der Waals surface area contributed by atoms with E-state index >= 15 is 0 Å². The lowest BCUT2D eigenvalue weighted by Gasteiger charge is -2.31. The number of nitrogens with one attached hydrogen (secondary N) is 3. The van der Waals surface area contributed by atoms with Gasteiger partial charge in [-0.15, -0.1) is 0 Å². The van der Waals surface area contributed by atoms with Crippen molar-refractivity contribution in [2.75, 3.05) is 38.0 Å². The van der Waals surface area contributed by atoms with Gasteiger partial charge < -0.3 is 20.3 Å². The van der Waals surface area contributed by atoms with Crippen LogP contribution in [0.5, 0.6) is 0 Å². The molecular weight excluding hydrogens is 488 g/mol. The van der Waals surface area contributed by atoms with Crippen LogP contribution in [0, 0.1) is 0 Å². The molecule has 1 fully saturated rings. The lowest BCUT2D eigenvalue weighted by atomic mass is 10.0. The molecule has 4 rings (SSSR count). The number of anilines is 1. The zero-order valence-corrected chi connectivity index (χ0v) is 22.8. The third-order valence-corrected chi connectivity index (χ3v) is 7.05. The van der Waals surface area contributed by atoms with E-state index in [9.17, 15) is 9.59 Å². The van der Waals surface area contributed by atoms with Crippen molar-refractivity contribution in [3.63, 3.8) is 0 Å². The van der Waals surface area contributed by atoms with Gasteiger partial charge in [0.05, 0.1) is 5.69 Å². The topological polar surface area (TPSA) is 82.7 Å². The second-order valence-corrected chi connectivity index (χ2v) is 9.93. The fourth-order valence-electron chi connectivity index (χ4n) is 4.80. The fourth-order valence-corrected chi connectivity index (χ4v) is 4.80. The van der Waals surface area contributed by atoms with Gasteiger partial charge in [0, 0.05) is 44.7 Å². The first-order valence-corrected chi connectivity index (χ1v) is 14.0. The summed E-state index contributed by atoms with van der Waals surface area (Å²) in [5.41, 5.74) is 5.18. The van der Waals surface area contributed by atoms with Crippen LogP contribution >= 0.6 is 0 Å². The van der Waals surface area contributed by atoms with Gasteiger partial charge in [-0.1, -0.05) is 79.7 Å². The van der Waals surface area contributed by atoms with Crippen molar-refractivity contribution in [3.8, 4) is 11.1 Å². The number of rotatable bonds is 12. The van der Waals surface area contributed by atoms with Crippen LogP contribution in [0.3, 0.4) is 0 Å². The predicted octanol–water partition coefficient (Wildman–Crippen LogP) is 5.23. The van der Waals surface area contributed by atoms with Gasteiger partial charge in [-0.2, -0.15) is 0 Å². The second-order valence-electron chi connectivity index (χ2n) is 9.93. The van der Waals surface area contributed by atoms with E-state index in [0.29, 0.717) is 13.0 Å². The zero-order chi connectivity index (χ0) is 27.3. The summed E-state index contributed by atoms with van der Waals surface area (Å²) in [7, 11) is 0. The van der Waals surface area contributed by atoms with Gasteiger partial charge in [0.2, 0.25) is 5.91 Å². The molecule has 1 aliphatic rings. The standard InChI is InChI=1S/C32H40N4O3/c1-2-33-24-26-14-12-25(13-15-26)16-17-31(37)34-20-23-36-21-18-28(19-22-36)39-32(38)35-30-11-7-6-10-29(30)27-8-4-3-5-9-27/h3-15,28,33H,2,16-24H2,1H3,(H,34,37)(H,35,38). The molecule has 0 radical (unpaired) electrons. The van der Waals surface area contributed by atoms with Crippen LogP contribution in [-0.4, -0.2) is 55.7 Å². The number of hydrogen-bond donors (Lipinski definition) is 3. The van der Waals surface area contributed by atoms with Gasteiger partial charge in [-0.3, -0.25) is 10.1 Å². The molecule has 0 atom stereocenters. The molecule has 39 heavy (non-hydrogen) atoms. The lowest BCUT2D eigenvalue weighted by Crippen LogP contribution is -2.42. The van der Waals surface area contributed by atoms with E-state index in [1.54, 1.807) is 0 Å². The Balaban J connectivity index is 1.11. The van der Waals surface area contributed by atoms with Crippen LogP contribution < -0.4 is 16.0 Å². The first-order chi connectivity index (χ1) is 19.1. The first kappa shape index (κ1) is 28.3. The third kappa shape index (κ3) is 9.23. The molecule has 0 unspecified atom stereocenters. The summed E-state index contributed by atoms with van der Waals surface area (Å²) in [5.74, 6) is 0.0809. The van der Waals surface area contributed by atoms with Gasteiger partial charge >= 0.3 is 6.09 Å². The minimum Gasteiger partial charge on any atom is -0.446 e. The molecular formula is C32H40N4O3. The summed E-state index contributed by atoms with van der Waals surface area (Å²) < 4.78 is 5.73. The minimum atomic E-state index is -0.420. The Labute approximate surface area is 231 Å². The smallest absolute Gasteiger partial charge is 0.411 e. The Morgan fingerprint density at radius 3 is 2.33 bits per heavy atom. The van der Waals surface area contributed by atoms with Crippen LogP contribution in [0.15, 0.2) is 78.9 Å². The zero-order valence-electron chi connectivity index (χ0n) is 22.8. The number of benzene rings is 3. The van der Waals surface area contributed by atoms with Gasteiger partial charge in [-0.05, 0) is 48.6 Å². The van der Waals surface area contributed by atoms with E-state index in [4.69, 9.17) is 4.74 Å². The van der Waals surface area contributed by atoms with Crippen molar-refractivity contribution in [2.24, 2.45) is 0 Å². The lowest BCUT2D eigenvalue weighted by molar-refractivity contribution is -0.121. The highest BCUT2D eigenvalue weighted by molar-refractivity contribution is 5.91. The number of ether oxygens (including phenoxy) is 1. The summed E-state index contributed by atoms with van der Waals surface area (Å²) in [6.07, 6.45) is 2.27. The van der Waals surface area contributed by atoms with Crippen LogP contribution in [0.4, 0.5) is 10.5 Å². The van der Waals surface area contributed by atoms with E-state index in [0.717, 1.165) is 68.8 Å². The number of hydrogen-bond acceptors (Lipinski definition) is 5. The van der Waals surface area contributed by atoms with Crippen LogP contribution in [0.1, 0.15) is 37.3 Å². The number of aryl methyl sites for hydroxylation is 1. The van der Waals surface area contributed by atoms with Gasteiger partial charge in [-0.25, -0.2) is 4.79 Å². The number of nitrogens with zero attached hydrogens (tertiary/aromatic N) is 1. The highest BCUT2D eigenvalue weighted by Gasteiger charge is 2.22. The largest absolute Gasteiger partial charge is 0.446 e. The molecule has 3 N–H and O–H groups in total. The van der Waals surface area contributed by atoms with E-state index < -0.39 is 6.09 Å². The number of carbonyl (C=O) groups is 2. The van der Waals surface area contributed by atoms with Gasteiger partial charge in [0.1, 0.15) is 6.10 Å². The van der Waals surface area contributed by atoms with E-state index in [1.807, 2.05) is 54.6 Å². The Bertz CT molecular complexity index is 1180. The Morgan fingerprint density at radius 2 is 1.59 bits per heavy atom. The van der Waals surface area contributed by atoms with Crippen molar-refractivity contribution in [1.29, 1.82) is 0 Å². The summed E-state index contributed by atoms with van der Waals surface area (Å²) in [4.78, 5) is 27.2. The maximum Gasteiger partial charge on any atom is 0.411 e. The molecule has 0 bridgehead atoms. The number of likely N-dealkylation sites (tertiary alicyclic amines) is 1. The monoisotopic (exact) mass is 528 g/mol. The molecule has 0 saturated carbocycles. The van der Waals surface area contributed by atoms with Crippen molar-refractivity contribution >= 4 is 17.7 Å². The Hall–Kier alpha value is -3.68. The van der Waals surface area contributed by atoms with Crippen molar-refractivity contribution in [2.45, 2.75) is 45.3 Å². The molecule has 1 aliphatic heterocycles. The molecule has 7 nitrogen and oxygen atoms in total. The fraction of sp³-hybridized carbons (Fsp3) is 0.375. The van der Waals surface area contributed by atoms with Crippen LogP contribution in [0.25, 0.3) is 11.1 Å². The maximum atomic E-state index is 12.6.